The predicted molar refractivity (Wildman–Crippen MR) is 84.0 cm³/mol. The molecule has 0 aliphatic carbocycles. The number of hydrogen-bond donors (Lipinski definition) is 2. The van der Waals surface area contributed by atoms with Crippen LogP contribution >= 0.6 is 15.9 Å². The zero-order valence-electron chi connectivity index (χ0n) is 11.7. The molecule has 1 aromatic carbocycles. The van der Waals surface area contributed by atoms with Crippen LogP contribution in [0.1, 0.15) is 51.5 Å². The highest BCUT2D eigenvalue weighted by Crippen LogP contribution is 2.27. The highest BCUT2D eigenvalue weighted by atomic mass is 79.9. The van der Waals surface area contributed by atoms with Gasteiger partial charge in [-0.3, -0.25) is 5.41 Å². The Balaban J connectivity index is 2.61. The van der Waals surface area contributed by atoms with Gasteiger partial charge in [-0.1, -0.05) is 32.3 Å². The lowest BCUT2D eigenvalue weighted by atomic mass is 10.1. The Morgan fingerprint density at radius 2 is 2.11 bits per heavy atom. The van der Waals surface area contributed by atoms with Gasteiger partial charge in [-0.15, -0.1) is 0 Å². The van der Waals surface area contributed by atoms with Crippen LogP contribution in [0.25, 0.3) is 0 Å². The molecule has 0 spiro atoms. The molecule has 0 heterocycles. The molecular weight excluding hydrogens is 304 g/mol. The van der Waals surface area contributed by atoms with Crippen molar-refractivity contribution < 1.29 is 4.74 Å². The summed E-state index contributed by atoms with van der Waals surface area (Å²) in [6, 6.07) is 5.63. The first kappa shape index (κ1) is 16.0. The van der Waals surface area contributed by atoms with E-state index in [1.54, 1.807) is 0 Å². The van der Waals surface area contributed by atoms with Gasteiger partial charge in [-0.25, -0.2) is 0 Å². The van der Waals surface area contributed by atoms with Crippen LogP contribution in [0.3, 0.4) is 0 Å². The first-order valence-corrected chi connectivity index (χ1v) is 7.65. The minimum absolute atomic E-state index is 0.0284. The third-order valence-electron chi connectivity index (χ3n) is 3.04. The molecule has 0 aliphatic rings. The van der Waals surface area contributed by atoms with E-state index in [1.165, 1.54) is 25.7 Å². The van der Waals surface area contributed by atoms with Crippen LogP contribution in [-0.4, -0.2) is 11.9 Å². The quantitative estimate of drug-likeness (QED) is 0.420. The Morgan fingerprint density at radius 3 is 2.74 bits per heavy atom. The summed E-state index contributed by atoms with van der Waals surface area (Å²) >= 11 is 3.41. The lowest BCUT2D eigenvalue weighted by molar-refractivity contribution is 0.206. The van der Waals surface area contributed by atoms with Gasteiger partial charge in [0.1, 0.15) is 11.6 Å². The van der Waals surface area contributed by atoms with Crippen LogP contribution in [0, 0.1) is 5.41 Å². The summed E-state index contributed by atoms with van der Waals surface area (Å²) in [5, 5.41) is 7.62. The molecule has 4 heteroatoms. The molecule has 0 amide bonds. The molecule has 0 aliphatic heterocycles. The largest absolute Gasteiger partial charge is 0.490 e. The van der Waals surface area contributed by atoms with E-state index in [-0.39, 0.29) is 11.9 Å². The first-order valence-electron chi connectivity index (χ1n) is 6.85. The summed E-state index contributed by atoms with van der Waals surface area (Å²) in [5.41, 5.74) is 6.25. The van der Waals surface area contributed by atoms with Crippen molar-refractivity contribution in [1.82, 2.24) is 0 Å². The van der Waals surface area contributed by atoms with Crippen molar-refractivity contribution in [2.75, 3.05) is 0 Å². The molecule has 1 rings (SSSR count). The third-order valence-corrected chi connectivity index (χ3v) is 3.70. The first-order chi connectivity index (χ1) is 9.06. The maximum Gasteiger partial charge on any atom is 0.131 e. The molecule has 19 heavy (non-hydrogen) atoms. The van der Waals surface area contributed by atoms with Crippen LogP contribution < -0.4 is 10.5 Å². The van der Waals surface area contributed by atoms with Gasteiger partial charge in [0.15, 0.2) is 0 Å². The SMILES string of the molecule is CCCCCCC(C)Oc1cccc(Br)c1C(=N)N. The smallest absolute Gasteiger partial charge is 0.131 e. The molecular formula is C15H23BrN2O. The zero-order chi connectivity index (χ0) is 14.3. The standard InChI is InChI=1S/C15H23BrN2O/c1-3-4-5-6-8-11(2)19-13-10-7-9-12(16)14(13)15(17)18/h7,9-11H,3-6,8H2,1-2H3,(H3,17,18). The Labute approximate surface area is 124 Å². The fourth-order valence-corrected chi connectivity index (χ4v) is 2.56. The molecule has 0 fully saturated rings. The van der Waals surface area contributed by atoms with Crippen molar-refractivity contribution in [3.63, 3.8) is 0 Å². The van der Waals surface area contributed by atoms with Gasteiger partial charge in [0.2, 0.25) is 0 Å². The van der Waals surface area contributed by atoms with E-state index in [4.69, 9.17) is 15.9 Å². The maximum atomic E-state index is 7.62. The van der Waals surface area contributed by atoms with Gasteiger partial charge in [0.05, 0.1) is 11.7 Å². The maximum absolute atomic E-state index is 7.62. The van der Waals surface area contributed by atoms with Crippen molar-refractivity contribution in [3.05, 3.63) is 28.2 Å². The number of benzene rings is 1. The summed E-state index contributed by atoms with van der Waals surface area (Å²) in [6.07, 6.45) is 6.13. The lowest BCUT2D eigenvalue weighted by Crippen LogP contribution is -2.18. The molecule has 0 aromatic heterocycles. The number of nitrogens with two attached hydrogens (primary N) is 1. The monoisotopic (exact) mass is 326 g/mol. The van der Waals surface area contributed by atoms with Crippen molar-refractivity contribution in [2.45, 2.75) is 52.1 Å². The molecule has 0 saturated carbocycles. The van der Waals surface area contributed by atoms with E-state index < -0.39 is 0 Å². The average molecular weight is 327 g/mol. The van der Waals surface area contributed by atoms with Gasteiger partial charge in [0, 0.05) is 4.47 Å². The average Bonchev–Trinajstić information content (AvgIpc) is 2.34. The van der Waals surface area contributed by atoms with Crippen molar-refractivity contribution >= 4 is 21.8 Å². The number of unbranched alkanes of at least 4 members (excludes halogenated alkanes) is 3. The van der Waals surface area contributed by atoms with E-state index in [0.717, 1.165) is 10.9 Å². The van der Waals surface area contributed by atoms with Crippen LogP contribution in [-0.2, 0) is 0 Å². The molecule has 0 radical (unpaired) electrons. The predicted octanol–water partition coefficient (Wildman–Crippen LogP) is 4.47. The van der Waals surface area contributed by atoms with Crippen LogP contribution in [0.2, 0.25) is 0 Å². The number of nitrogen functional groups attached to an aromatic ring is 1. The molecule has 0 saturated heterocycles. The fraction of sp³-hybridized carbons (Fsp3) is 0.533. The van der Waals surface area contributed by atoms with Crippen molar-refractivity contribution in [2.24, 2.45) is 5.73 Å². The molecule has 1 aromatic rings. The minimum atomic E-state index is 0.0284. The van der Waals surface area contributed by atoms with Crippen LogP contribution in [0.15, 0.2) is 22.7 Å². The number of ether oxygens (including phenoxy) is 1. The summed E-state index contributed by atoms with van der Waals surface area (Å²) in [5.74, 6) is 0.713. The molecule has 0 bridgehead atoms. The van der Waals surface area contributed by atoms with E-state index in [9.17, 15) is 0 Å². The normalized spacial score (nSPS) is 12.2. The highest BCUT2D eigenvalue weighted by molar-refractivity contribution is 9.10. The minimum Gasteiger partial charge on any atom is -0.490 e. The van der Waals surface area contributed by atoms with Gasteiger partial charge >= 0.3 is 0 Å². The Morgan fingerprint density at radius 1 is 1.37 bits per heavy atom. The second-order valence-corrected chi connectivity index (χ2v) is 5.66. The zero-order valence-corrected chi connectivity index (χ0v) is 13.3. The van der Waals surface area contributed by atoms with Gasteiger partial charge in [0.25, 0.3) is 0 Å². The highest BCUT2D eigenvalue weighted by Gasteiger charge is 2.13. The lowest BCUT2D eigenvalue weighted by Gasteiger charge is -2.17. The summed E-state index contributed by atoms with van der Waals surface area (Å²) in [7, 11) is 0. The van der Waals surface area contributed by atoms with Gasteiger partial charge in [-0.2, -0.15) is 0 Å². The Kier molecular flexibility index (Phi) is 6.92. The summed E-state index contributed by atoms with van der Waals surface area (Å²) in [6.45, 7) is 4.28. The molecule has 1 unspecified atom stereocenters. The summed E-state index contributed by atoms with van der Waals surface area (Å²) < 4.78 is 6.72. The second kappa shape index (κ2) is 8.20. The number of amidine groups is 1. The fourth-order valence-electron chi connectivity index (χ4n) is 2.00. The van der Waals surface area contributed by atoms with Crippen LogP contribution in [0.5, 0.6) is 5.75 Å². The molecule has 3 nitrogen and oxygen atoms in total. The Hall–Kier alpha value is -1.03. The van der Waals surface area contributed by atoms with E-state index >= 15 is 0 Å². The van der Waals surface area contributed by atoms with E-state index in [1.807, 2.05) is 18.2 Å². The third kappa shape index (κ3) is 5.23. The second-order valence-electron chi connectivity index (χ2n) is 4.80. The number of rotatable bonds is 8. The Bertz CT molecular complexity index is 421. The van der Waals surface area contributed by atoms with Gasteiger partial charge < -0.3 is 10.5 Å². The number of hydrogen-bond acceptors (Lipinski definition) is 2. The van der Waals surface area contributed by atoms with Gasteiger partial charge in [-0.05, 0) is 47.8 Å². The number of nitrogens with one attached hydrogen (secondary N) is 1. The van der Waals surface area contributed by atoms with Crippen molar-refractivity contribution in [1.29, 1.82) is 5.41 Å². The molecule has 3 N–H and O–H groups in total. The van der Waals surface area contributed by atoms with Crippen LogP contribution in [0.4, 0.5) is 0 Å². The van der Waals surface area contributed by atoms with E-state index in [2.05, 4.69) is 29.8 Å². The summed E-state index contributed by atoms with van der Waals surface area (Å²) in [4.78, 5) is 0. The molecule has 1 atom stereocenters. The topological polar surface area (TPSA) is 59.1 Å². The number of halogens is 1. The van der Waals surface area contributed by atoms with Crippen molar-refractivity contribution in [3.8, 4) is 5.75 Å². The molecule has 106 valence electrons. The van der Waals surface area contributed by atoms with E-state index in [0.29, 0.717) is 11.3 Å².